The molecule has 0 saturated heterocycles. The number of halogens is 1. The van der Waals surface area contributed by atoms with E-state index >= 15 is 0 Å². The summed E-state index contributed by atoms with van der Waals surface area (Å²) in [6, 6.07) is 10.9. The number of azo groups is 1. The Hall–Kier alpha value is -3.88. The molecule has 3 rings (SSSR count). The third kappa shape index (κ3) is 4.44. The SMILES string of the molecule is C=C1N=NC(=O)N/C1=N/N=C/c1cccc(OC)c1OCc1ccccc1F. The van der Waals surface area contributed by atoms with Crippen molar-refractivity contribution in [2.24, 2.45) is 20.4 Å². The van der Waals surface area contributed by atoms with Crippen LogP contribution in [0.2, 0.25) is 0 Å². The Kier molecular flexibility index (Phi) is 5.85. The normalized spacial score (nSPS) is 15.1. The van der Waals surface area contributed by atoms with Gasteiger partial charge in [-0.2, -0.15) is 5.10 Å². The van der Waals surface area contributed by atoms with Crippen LogP contribution in [0.5, 0.6) is 11.5 Å². The van der Waals surface area contributed by atoms with Crippen LogP contribution >= 0.6 is 0 Å². The third-order valence-electron chi connectivity index (χ3n) is 3.67. The predicted molar refractivity (Wildman–Crippen MR) is 101 cm³/mol. The maximum absolute atomic E-state index is 13.8. The number of hydrogen-bond donors (Lipinski definition) is 1. The first-order chi connectivity index (χ1) is 13.6. The predicted octanol–water partition coefficient (Wildman–Crippen LogP) is 3.83. The molecule has 9 heteroatoms. The van der Waals surface area contributed by atoms with Crippen LogP contribution < -0.4 is 14.8 Å². The molecule has 2 aromatic rings. The Morgan fingerprint density at radius 2 is 2.04 bits per heavy atom. The molecule has 8 nitrogen and oxygen atoms in total. The van der Waals surface area contributed by atoms with Gasteiger partial charge in [0.1, 0.15) is 18.1 Å². The van der Waals surface area contributed by atoms with E-state index in [2.05, 4.69) is 32.3 Å². The molecule has 1 N–H and O–H groups in total. The van der Waals surface area contributed by atoms with Crippen molar-refractivity contribution in [1.29, 1.82) is 0 Å². The highest BCUT2D eigenvalue weighted by molar-refractivity contribution is 6.08. The lowest BCUT2D eigenvalue weighted by atomic mass is 10.2. The van der Waals surface area contributed by atoms with Crippen molar-refractivity contribution in [1.82, 2.24) is 5.32 Å². The Morgan fingerprint density at radius 1 is 1.21 bits per heavy atom. The lowest BCUT2D eigenvalue weighted by molar-refractivity contribution is 0.251. The zero-order chi connectivity index (χ0) is 19.9. The van der Waals surface area contributed by atoms with Gasteiger partial charge < -0.3 is 9.47 Å². The van der Waals surface area contributed by atoms with Gasteiger partial charge in [0.25, 0.3) is 0 Å². The van der Waals surface area contributed by atoms with Gasteiger partial charge in [0.2, 0.25) is 0 Å². The zero-order valence-corrected chi connectivity index (χ0v) is 14.9. The molecule has 1 aliphatic rings. The van der Waals surface area contributed by atoms with Gasteiger partial charge in [-0.15, -0.1) is 10.2 Å². The summed E-state index contributed by atoms with van der Waals surface area (Å²) in [6.07, 6.45) is 1.41. The molecule has 142 valence electrons. The molecule has 1 aliphatic heterocycles. The minimum atomic E-state index is -0.656. The summed E-state index contributed by atoms with van der Waals surface area (Å²) in [5, 5.41) is 17.1. The van der Waals surface area contributed by atoms with Crippen molar-refractivity contribution in [3.05, 3.63) is 71.7 Å². The summed E-state index contributed by atoms with van der Waals surface area (Å²) < 4.78 is 24.9. The first kappa shape index (κ1) is 18.9. The molecular weight excluding hydrogens is 365 g/mol. The summed E-state index contributed by atoms with van der Waals surface area (Å²) in [5.41, 5.74) is 1.14. The summed E-state index contributed by atoms with van der Waals surface area (Å²) in [6.45, 7) is 3.62. The van der Waals surface area contributed by atoms with Crippen molar-refractivity contribution in [3.63, 3.8) is 0 Å². The van der Waals surface area contributed by atoms with Gasteiger partial charge in [-0.3, -0.25) is 5.32 Å². The molecule has 2 aromatic carbocycles. The lowest BCUT2D eigenvalue weighted by Gasteiger charge is -2.13. The van der Waals surface area contributed by atoms with E-state index in [1.165, 1.54) is 19.4 Å². The number of nitrogens with one attached hydrogen (secondary N) is 1. The fourth-order valence-electron chi connectivity index (χ4n) is 2.30. The van der Waals surface area contributed by atoms with Crippen LogP contribution in [0.15, 0.2) is 75.2 Å². The largest absolute Gasteiger partial charge is 0.493 e. The first-order valence-corrected chi connectivity index (χ1v) is 8.14. The maximum atomic E-state index is 13.8. The Balaban J connectivity index is 1.83. The number of rotatable bonds is 6. The van der Waals surface area contributed by atoms with Crippen LogP contribution in [0.4, 0.5) is 9.18 Å². The minimum Gasteiger partial charge on any atom is -0.493 e. The highest BCUT2D eigenvalue weighted by Gasteiger charge is 2.14. The number of ether oxygens (including phenoxy) is 2. The van der Waals surface area contributed by atoms with Crippen LogP contribution in [0.25, 0.3) is 0 Å². The molecular formula is C19H16FN5O3. The summed E-state index contributed by atoms with van der Waals surface area (Å²) in [4.78, 5) is 11.2. The Labute approximate surface area is 160 Å². The van der Waals surface area contributed by atoms with Crippen molar-refractivity contribution >= 4 is 18.1 Å². The van der Waals surface area contributed by atoms with Gasteiger partial charge in [0.05, 0.1) is 13.3 Å². The smallest absolute Gasteiger partial charge is 0.365 e. The number of nitrogens with zero attached hydrogens (tertiary/aromatic N) is 4. The van der Waals surface area contributed by atoms with E-state index in [4.69, 9.17) is 9.47 Å². The zero-order valence-electron chi connectivity index (χ0n) is 14.9. The number of hydrogen-bond acceptors (Lipinski definition) is 6. The monoisotopic (exact) mass is 381 g/mol. The van der Waals surface area contributed by atoms with Crippen molar-refractivity contribution < 1.29 is 18.7 Å². The Bertz CT molecular complexity index is 1000. The molecule has 0 saturated carbocycles. The summed E-state index contributed by atoms with van der Waals surface area (Å²) in [7, 11) is 1.50. The number of para-hydroxylation sites is 1. The molecule has 28 heavy (non-hydrogen) atoms. The third-order valence-corrected chi connectivity index (χ3v) is 3.67. The molecule has 0 fully saturated rings. The molecule has 2 amide bonds. The van der Waals surface area contributed by atoms with E-state index in [9.17, 15) is 9.18 Å². The number of methoxy groups -OCH3 is 1. The van der Waals surface area contributed by atoms with Gasteiger partial charge in [-0.25, -0.2) is 9.18 Å². The second-order valence-corrected chi connectivity index (χ2v) is 5.53. The van der Waals surface area contributed by atoms with Crippen molar-refractivity contribution in [3.8, 4) is 11.5 Å². The van der Waals surface area contributed by atoms with Crippen LogP contribution in [0, 0.1) is 5.82 Å². The molecule has 0 radical (unpaired) electrons. The molecule has 0 aromatic heterocycles. The van der Waals surface area contributed by atoms with Crippen molar-refractivity contribution in [2.45, 2.75) is 6.61 Å². The van der Waals surface area contributed by atoms with Crippen LogP contribution in [0.1, 0.15) is 11.1 Å². The minimum absolute atomic E-state index is 0.00958. The number of benzene rings is 2. The first-order valence-electron chi connectivity index (χ1n) is 8.14. The highest BCUT2D eigenvalue weighted by Crippen LogP contribution is 2.31. The van der Waals surface area contributed by atoms with Crippen LogP contribution in [-0.4, -0.2) is 25.2 Å². The topological polar surface area (TPSA) is 97.0 Å². The standard InChI is InChI=1S/C19H16FN5O3/c1-12-18(22-19(26)25-23-12)24-21-10-13-7-5-9-16(27-2)17(13)28-11-14-6-3-4-8-15(14)20/h3-10H,1,11H2,2H3,(H,22,24,26)/b21-10+. The van der Waals surface area contributed by atoms with Gasteiger partial charge in [0, 0.05) is 11.1 Å². The maximum Gasteiger partial charge on any atom is 0.365 e. The van der Waals surface area contributed by atoms with Gasteiger partial charge in [-0.1, -0.05) is 36.0 Å². The number of amidine groups is 1. The highest BCUT2D eigenvalue weighted by atomic mass is 19.1. The number of carbonyl (C=O) groups excluding carboxylic acids is 1. The second kappa shape index (κ2) is 8.67. The number of urea groups is 1. The second-order valence-electron chi connectivity index (χ2n) is 5.53. The molecule has 0 bridgehead atoms. The fourth-order valence-corrected chi connectivity index (χ4v) is 2.30. The fraction of sp³-hybridized carbons (Fsp3) is 0.105. The van der Waals surface area contributed by atoms with E-state index < -0.39 is 6.03 Å². The van der Waals surface area contributed by atoms with E-state index in [0.29, 0.717) is 22.6 Å². The van der Waals surface area contributed by atoms with Crippen LogP contribution in [-0.2, 0) is 6.61 Å². The molecule has 0 aliphatic carbocycles. The molecule has 1 heterocycles. The van der Waals surface area contributed by atoms with Gasteiger partial charge >= 0.3 is 6.03 Å². The molecule has 0 spiro atoms. The summed E-state index contributed by atoms with van der Waals surface area (Å²) in [5.74, 6) is 0.563. The average molecular weight is 381 g/mol. The van der Waals surface area contributed by atoms with E-state index in [1.54, 1.807) is 36.4 Å². The molecule has 0 atom stereocenters. The molecule has 0 unspecified atom stereocenters. The van der Waals surface area contributed by atoms with E-state index in [-0.39, 0.29) is 24.0 Å². The summed E-state index contributed by atoms with van der Waals surface area (Å²) >= 11 is 0. The lowest BCUT2D eigenvalue weighted by Crippen LogP contribution is -2.31. The van der Waals surface area contributed by atoms with Crippen molar-refractivity contribution in [2.75, 3.05) is 7.11 Å². The number of amides is 2. The van der Waals surface area contributed by atoms with Gasteiger partial charge in [-0.05, 0) is 18.2 Å². The quantitative estimate of drug-likeness (QED) is 0.608. The van der Waals surface area contributed by atoms with Gasteiger partial charge in [0.15, 0.2) is 17.3 Å². The van der Waals surface area contributed by atoms with Crippen LogP contribution in [0.3, 0.4) is 0 Å². The van der Waals surface area contributed by atoms with E-state index in [0.717, 1.165) is 0 Å². The Morgan fingerprint density at radius 3 is 2.82 bits per heavy atom. The number of carbonyl (C=O) groups is 1. The van der Waals surface area contributed by atoms with E-state index in [1.807, 2.05) is 0 Å². The average Bonchev–Trinajstić information content (AvgIpc) is 2.70.